The van der Waals surface area contributed by atoms with E-state index >= 15 is 0 Å². The molecule has 0 aromatic heterocycles. The molecule has 1 amide bonds. The van der Waals surface area contributed by atoms with Crippen LogP contribution in [0.25, 0.3) is 0 Å². The maximum absolute atomic E-state index is 11.7. The minimum Gasteiger partial charge on any atom is -0.481 e. The van der Waals surface area contributed by atoms with Crippen LogP contribution in [0.15, 0.2) is 60.7 Å². The molecule has 0 spiro atoms. The first-order chi connectivity index (χ1) is 10.7. The Hall–Kier alpha value is -2.62. The van der Waals surface area contributed by atoms with Gasteiger partial charge < -0.3 is 10.4 Å². The number of carboxylic acids is 1. The van der Waals surface area contributed by atoms with Crippen LogP contribution >= 0.6 is 0 Å². The van der Waals surface area contributed by atoms with Crippen molar-refractivity contribution < 1.29 is 14.7 Å². The predicted octanol–water partition coefficient (Wildman–Crippen LogP) is 2.80. The number of carbonyl (C=O) groups is 2. The molecule has 0 aliphatic carbocycles. The van der Waals surface area contributed by atoms with Crippen molar-refractivity contribution in [1.82, 2.24) is 5.32 Å². The number of hydrogen-bond acceptors (Lipinski definition) is 2. The number of carboxylic acid groups (broad SMARTS) is 1. The lowest BCUT2D eigenvalue weighted by molar-refractivity contribution is -0.138. The van der Waals surface area contributed by atoms with Crippen molar-refractivity contribution >= 4 is 11.9 Å². The Kier molecular flexibility index (Phi) is 5.72. The summed E-state index contributed by atoms with van der Waals surface area (Å²) in [5.74, 6) is -1.15. The second kappa shape index (κ2) is 7.98. The number of rotatable bonds is 7. The van der Waals surface area contributed by atoms with Crippen LogP contribution in [0, 0.1) is 0 Å². The van der Waals surface area contributed by atoms with E-state index < -0.39 is 5.97 Å². The monoisotopic (exact) mass is 297 g/mol. The molecule has 0 saturated carbocycles. The molecule has 0 unspecified atom stereocenters. The van der Waals surface area contributed by atoms with Gasteiger partial charge in [-0.25, -0.2) is 0 Å². The van der Waals surface area contributed by atoms with E-state index in [9.17, 15) is 9.59 Å². The van der Waals surface area contributed by atoms with Crippen LogP contribution in [0.5, 0.6) is 0 Å². The van der Waals surface area contributed by atoms with Gasteiger partial charge in [0.1, 0.15) is 0 Å². The van der Waals surface area contributed by atoms with E-state index in [1.54, 1.807) is 0 Å². The molecule has 2 N–H and O–H groups in total. The van der Waals surface area contributed by atoms with E-state index in [0.29, 0.717) is 6.54 Å². The van der Waals surface area contributed by atoms with Crippen molar-refractivity contribution in [3.05, 3.63) is 71.8 Å². The minimum atomic E-state index is -0.960. The van der Waals surface area contributed by atoms with Gasteiger partial charge in [0.05, 0.1) is 6.42 Å². The first-order valence-corrected chi connectivity index (χ1v) is 7.25. The Bertz CT molecular complexity index is 571. The summed E-state index contributed by atoms with van der Waals surface area (Å²) in [6, 6.07) is 19.9. The molecular weight excluding hydrogens is 278 g/mol. The molecule has 2 rings (SSSR count). The van der Waals surface area contributed by atoms with Crippen LogP contribution in [0.3, 0.4) is 0 Å². The van der Waals surface area contributed by atoms with E-state index in [0.717, 1.165) is 11.1 Å². The number of carbonyl (C=O) groups excluding carboxylic acids is 1. The third-order valence-electron chi connectivity index (χ3n) is 3.47. The maximum atomic E-state index is 11.7. The summed E-state index contributed by atoms with van der Waals surface area (Å²) >= 11 is 0. The van der Waals surface area contributed by atoms with Crippen LogP contribution < -0.4 is 5.32 Å². The number of hydrogen-bond donors (Lipinski definition) is 2. The van der Waals surface area contributed by atoms with Gasteiger partial charge in [-0.2, -0.15) is 0 Å². The quantitative estimate of drug-likeness (QED) is 0.826. The Balaban J connectivity index is 2.06. The lowest BCUT2D eigenvalue weighted by Crippen LogP contribution is -2.29. The van der Waals surface area contributed by atoms with Crippen LogP contribution in [-0.4, -0.2) is 23.5 Å². The molecule has 0 fully saturated rings. The smallest absolute Gasteiger partial charge is 0.303 e. The molecule has 0 bridgehead atoms. The highest BCUT2D eigenvalue weighted by molar-refractivity contribution is 5.80. The molecule has 0 aliphatic rings. The van der Waals surface area contributed by atoms with Gasteiger partial charge in [-0.15, -0.1) is 0 Å². The van der Waals surface area contributed by atoms with Gasteiger partial charge in [-0.05, 0) is 11.1 Å². The summed E-state index contributed by atoms with van der Waals surface area (Å²) in [7, 11) is 0. The Morgan fingerprint density at radius 3 is 1.82 bits per heavy atom. The van der Waals surface area contributed by atoms with Crippen LogP contribution in [0.4, 0.5) is 0 Å². The molecule has 0 aliphatic heterocycles. The normalized spacial score (nSPS) is 10.4. The van der Waals surface area contributed by atoms with Crippen LogP contribution in [0.2, 0.25) is 0 Å². The van der Waals surface area contributed by atoms with Gasteiger partial charge in [0, 0.05) is 18.9 Å². The van der Waals surface area contributed by atoms with Crippen molar-refractivity contribution in [1.29, 1.82) is 0 Å². The first kappa shape index (κ1) is 15.8. The second-order valence-corrected chi connectivity index (χ2v) is 5.07. The molecule has 4 heteroatoms. The summed E-state index contributed by atoms with van der Waals surface area (Å²) < 4.78 is 0. The van der Waals surface area contributed by atoms with Gasteiger partial charge in [-0.3, -0.25) is 9.59 Å². The van der Waals surface area contributed by atoms with Crippen molar-refractivity contribution in [2.75, 3.05) is 6.54 Å². The fraction of sp³-hybridized carbons (Fsp3) is 0.222. The summed E-state index contributed by atoms with van der Waals surface area (Å²) in [6.45, 7) is 0.451. The Morgan fingerprint density at radius 2 is 1.36 bits per heavy atom. The minimum absolute atomic E-state index is 0.00559. The lowest BCUT2D eigenvalue weighted by Gasteiger charge is -2.18. The highest BCUT2D eigenvalue weighted by Gasteiger charge is 2.15. The fourth-order valence-electron chi connectivity index (χ4n) is 2.32. The number of amides is 1. The molecule has 0 radical (unpaired) electrons. The molecule has 0 heterocycles. The molecule has 2 aromatic carbocycles. The van der Waals surface area contributed by atoms with Gasteiger partial charge in [0.15, 0.2) is 0 Å². The predicted molar refractivity (Wildman–Crippen MR) is 84.6 cm³/mol. The number of aliphatic carboxylic acids is 1. The van der Waals surface area contributed by atoms with Crippen LogP contribution in [-0.2, 0) is 9.59 Å². The fourth-order valence-corrected chi connectivity index (χ4v) is 2.32. The van der Waals surface area contributed by atoms with E-state index in [-0.39, 0.29) is 24.7 Å². The summed E-state index contributed by atoms with van der Waals surface area (Å²) in [5, 5.41) is 11.4. The standard InChI is InChI=1S/C18H19NO3/c20-17(11-12-18(21)22)19-13-16(14-7-3-1-4-8-14)15-9-5-2-6-10-15/h1-10,16H,11-13H2,(H,19,20)(H,21,22). The van der Waals surface area contributed by atoms with E-state index in [1.165, 1.54) is 0 Å². The highest BCUT2D eigenvalue weighted by atomic mass is 16.4. The maximum Gasteiger partial charge on any atom is 0.303 e. The number of nitrogens with one attached hydrogen (secondary N) is 1. The summed E-state index contributed by atoms with van der Waals surface area (Å²) in [6.07, 6.45) is -0.140. The SMILES string of the molecule is O=C(O)CCC(=O)NCC(c1ccccc1)c1ccccc1. The average Bonchev–Trinajstić information content (AvgIpc) is 2.55. The largest absolute Gasteiger partial charge is 0.481 e. The van der Waals surface area contributed by atoms with Crippen molar-refractivity contribution in [3.63, 3.8) is 0 Å². The van der Waals surface area contributed by atoms with Gasteiger partial charge in [-0.1, -0.05) is 60.7 Å². The third-order valence-corrected chi connectivity index (χ3v) is 3.47. The highest BCUT2D eigenvalue weighted by Crippen LogP contribution is 2.23. The van der Waals surface area contributed by atoms with Gasteiger partial charge >= 0.3 is 5.97 Å². The van der Waals surface area contributed by atoms with Crippen molar-refractivity contribution in [3.8, 4) is 0 Å². The third kappa shape index (κ3) is 4.74. The zero-order valence-electron chi connectivity index (χ0n) is 12.2. The average molecular weight is 297 g/mol. The molecule has 4 nitrogen and oxygen atoms in total. The molecule has 114 valence electrons. The van der Waals surface area contributed by atoms with E-state index in [4.69, 9.17) is 5.11 Å². The zero-order valence-corrected chi connectivity index (χ0v) is 12.2. The molecular formula is C18H19NO3. The molecule has 22 heavy (non-hydrogen) atoms. The lowest BCUT2D eigenvalue weighted by atomic mass is 9.91. The zero-order chi connectivity index (χ0) is 15.8. The molecule has 0 saturated heterocycles. The van der Waals surface area contributed by atoms with Gasteiger partial charge in [0.25, 0.3) is 0 Å². The van der Waals surface area contributed by atoms with Crippen molar-refractivity contribution in [2.24, 2.45) is 0 Å². The van der Waals surface area contributed by atoms with E-state index in [1.807, 2.05) is 60.7 Å². The summed E-state index contributed by atoms with van der Waals surface area (Å²) in [4.78, 5) is 22.2. The number of benzene rings is 2. The van der Waals surface area contributed by atoms with Gasteiger partial charge in [0.2, 0.25) is 5.91 Å². The van der Waals surface area contributed by atoms with E-state index in [2.05, 4.69) is 5.32 Å². The Morgan fingerprint density at radius 1 is 0.864 bits per heavy atom. The first-order valence-electron chi connectivity index (χ1n) is 7.25. The topological polar surface area (TPSA) is 66.4 Å². The van der Waals surface area contributed by atoms with Crippen molar-refractivity contribution in [2.45, 2.75) is 18.8 Å². The Labute approximate surface area is 129 Å². The molecule has 0 atom stereocenters. The second-order valence-electron chi connectivity index (χ2n) is 5.07. The summed E-state index contributed by atoms with van der Waals surface area (Å²) in [5.41, 5.74) is 2.24. The molecule has 2 aromatic rings. The van der Waals surface area contributed by atoms with Crippen LogP contribution in [0.1, 0.15) is 29.9 Å².